The van der Waals surface area contributed by atoms with Gasteiger partial charge in [0.2, 0.25) is 5.84 Å². The Hall–Kier alpha value is -3.29. The lowest BCUT2D eigenvalue weighted by atomic mass is 10.2. The first-order valence-electron chi connectivity index (χ1n) is 7.41. The number of nitrogens with zero attached hydrogens (tertiary/aromatic N) is 2. The zero-order valence-electron chi connectivity index (χ0n) is 13.2. The highest BCUT2D eigenvalue weighted by Gasteiger charge is 2.26. The van der Waals surface area contributed by atoms with E-state index in [2.05, 4.69) is 15.7 Å². The first-order valence-corrected chi connectivity index (χ1v) is 7.41. The minimum atomic E-state index is -0.906. The summed E-state index contributed by atoms with van der Waals surface area (Å²) in [6.07, 6.45) is 0. The summed E-state index contributed by atoms with van der Waals surface area (Å²) in [5.41, 5.74) is 3.99. The van der Waals surface area contributed by atoms with Crippen LogP contribution in [-0.4, -0.2) is 24.2 Å². The van der Waals surface area contributed by atoms with Gasteiger partial charge in [0.15, 0.2) is 0 Å². The SMILES string of the molecule is Cc1ccc(N2NC(C(=O)Nc3ccc(F)cc3F)=NCC2=O)cc1. The summed E-state index contributed by atoms with van der Waals surface area (Å²) >= 11 is 0. The van der Waals surface area contributed by atoms with E-state index in [1.807, 2.05) is 19.1 Å². The molecule has 0 spiro atoms. The predicted octanol–water partition coefficient (Wildman–Crippen LogP) is 2.16. The zero-order valence-corrected chi connectivity index (χ0v) is 13.2. The van der Waals surface area contributed by atoms with Crippen LogP contribution in [0.4, 0.5) is 20.2 Å². The third kappa shape index (κ3) is 3.63. The van der Waals surface area contributed by atoms with Crippen LogP contribution in [0.2, 0.25) is 0 Å². The van der Waals surface area contributed by atoms with Crippen molar-refractivity contribution in [3.63, 3.8) is 0 Å². The molecule has 0 radical (unpaired) electrons. The maximum Gasteiger partial charge on any atom is 0.292 e. The van der Waals surface area contributed by atoms with Crippen molar-refractivity contribution in [2.75, 3.05) is 16.9 Å². The largest absolute Gasteiger partial charge is 0.317 e. The minimum Gasteiger partial charge on any atom is -0.317 e. The molecule has 0 unspecified atom stereocenters. The van der Waals surface area contributed by atoms with Crippen molar-refractivity contribution < 1.29 is 18.4 Å². The van der Waals surface area contributed by atoms with Gasteiger partial charge in [-0.05, 0) is 31.2 Å². The number of amides is 2. The zero-order chi connectivity index (χ0) is 18.0. The van der Waals surface area contributed by atoms with Crippen molar-refractivity contribution in [3.8, 4) is 0 Å². The van der Waals surface area contributed by atoms with Crippen LogP contribution < -0.4 is 15.8 Å². The van der Waals surface area contributed by atoms with Crippen LogP contribution in [0, 0.1) is 18.6 Å². The monoisotopic (exact) mass is 344 g/mol. The molecule has 1 aliphatic heterocycles. The summed E-state index contributed by atoms with van der Waals surface area (Å²) in [4.78, 5) is 28.1. The molecule has 2 aromatic carbocycles. The van der Waals surface area contributed by atoms with E-state index >= 15 is 0 Å². The Morgan fingerprint density at radius 3 is 2.60 bits per heavy atom. The van der Waals surface area contributed by atoms with E-state index in [0.717, 1.165) is 17.7 Å². The number of carbonyl (C=O) groups excluding carboxylic acids is 2. The number of amidine groups is 1. The Bertz CT molecular complexity index is 865. The van der Waals surface area contributed by atoms with Crippen LogP contribution >= 0.6 is 0 Å². The number of rotatable bonds is 3. The smallest absolute Gasteiger partial charge is 0.292 e. The molecule has 3 rings (SSSR count). The third-order valence-electron chi connectivity index (χ3n) is 3.53. The normalized spacial score (nSPS) is 14.0. The summed E-state index contributed by atoms with van der Waals surface area (Å²) in [6, 6.07) is 9.88. The van der Waals surface area contributed by atoms with Gasteiger partial charge in [-0.25, -0.2) is 13.8 Å². The van der Waals surface area contributed by atoms with E-state index < -0.39 is 17.5 Å². The Morgan fingerprint density at radius 1 is 1.20 bits per heavy atom. The number of carbonyl (C=O) groups is 2. The Labute approximate surface area is 142 Å². The van der Waals surface area contributed by atoms with Crippen LogP contribution in [-0.2, 0) is 9.59 Å². The second kappa shape index (κ2) is 6.68. The third-order valence-corrected chi connectivity index (χ3v) is 3.53. The number of hydrogen-bond donors (Lipinski definition) is 2. The molecule has 1 aliphatic rings. The number of hydrazine groups is 1. The maximum atomic E-state index is 13.6. The van der Waals surface area contributed by atoms with Crippen LogP contribution in [0.3, 0.4) is 0 Å². The molecule has 2 aromatic rings. The van der Waals surface area contributed by atoms with Crippen molar-refractivity contribution >= 4 is 29.0 Å². The fraction of sp³-hybridized carbons (Fsp3) is 0.118. The number of benzene rings is 2. The van der Waals surface area contributed by atoms with Gasteiger partial charge in [0.25, 0.3) is 11.8 Å². The molecule has 0 fully saturated rings. The van der Waals surface area contributed by atoms with E-state index in [-0.39, 0.29) is 24.0 Å². The second-order valence-corrected chi connectivity index (χ2v) is 5.42. The molecule has 128 valence electrons. The number of nitrogens with one attached hydrogen (secondary N) is 2. The topological polar surface area (TPSA) is 73.8 Å². The summed E-state index contributed by atoms with van der Waals surface area (Å²) in [5.74, 6) is -2.89. The fourth-order valence-corrected chi connectivity index (χ4v) is 2.22. The molecule has 8 heteroatoms. The number of aryl methyl sites for hydroxylation is 1. The van der Waals surface area contributed by atoms with Crippen molar-refractivity contribution in [1.82, 2.24) is 5.43 Å². The number of hydrogen-bond acceptors (Lipinski definition) is 4. The molecule has 0 aliphatic carbocycles. The molecule has 0 atom stereocenters. The summed E-state index contributed by atoms with van der Waals surface area (Å²) < 4.78 is 26.6. The molecular weight excluding hydrogens is 330 g/mol. The van der Waals surface area contributed by atoms with E-state index in [1.54, 1.807) is 12.1 Å². The van der Waals surface area contributed by atoms with E-state index in [0.29, 0.717) is 11.8 Å². The van der Waals surface area contributed by atoms with Gasteiger partial charge in [-0.3, -0.25) is 20.0 Å². The molecular formula is C17H14F2N4O2. The van der Waals surface area contributed by atoms with Gasteiger partial charge < -0.3 is 5.32 Å². The van der Waals surface area contributed by atoms with Crippen molar-refractivity contribution in [2.45, 2.75) is 6.92 Å². The van der Waals surface area contributed by atoms with E-state index in [9.17, 15) is 18.4 Å². The van der Waals surface area contributed by atoms with Gasteiger partial charge in [-0.1, -0.05) is 17.7 Å². The van der Waals surface area contributed by atoms with Gasteiger partial charge in [0, 0.05) is 6.07 Å². The molecule has 0 aromatic heterocycles. The highest BCUT2D eigenvalue weighted by Crippen LogP contribution is 2.17. The van der Waals surface area contributed by atoms with Crippen LogP contribution in [0.5, 0.6) is 0 Å². The Kier molecular flexibility index (Phi) is 4.42. The van der Waals surface area contributed by atoms with Gasteiger partial charge in [-0.2, -0.15) is 0 Å². The molecule has 0 bridgehead atoms. The fourth-order valence-electron chi connectivity index (χ4n) is 2.22. The lowest BCUT2D eigenvalue weighted by molar-refractivity contribution is -0.118. The summed E-state index contributed by atoms with van der Waals surface area (Å²) in [7, 11) is 0. The van der Waals surface area contributed by atoms with Crippen molar-refractivity contribution in [1.29, 1.82) is 0 Å². The van der Waals surface area contributed by atoms with Gasteiger partial charge in [0.1, 0.15) is 18.2 Å². The number of halogens is 2. The first kappa shape index (κ1) is 16.6. The number of aliphatic imine (C=N–C) groups is 1. The van der Waals surface area contributed by atoms with E-state index in [1.165, 1.54) is 5.01 Å². The summed E-state index contributed by atoms with van der Waals surface area (Å²) in [5, 5.41) is 3.49. The van der Waals surface area contributed by atoms with Crippen LogP contribution in [0.1, 0.15) is 5.56 Å². The molecule has 2 N–H and O–H groups in total. The number of anilines is 2. The summed E-state index contributed by atoms with van der Waals surface area (Å²) in [6.45, 7) is 1.68. The predicted molar refractivity (Wildman–Crippen MR) is 89.1 cm³/mol. The first-order chi connectivity index (χ1) is 11.9. The average molecular weight is 344 g/mol. The highest BCUT2D eigenvalue weighted by atomic mass is 19.1. The molecule has 25 heavy (non-hydrogen) atoms. The Morgan fingerprint density at radius 2 is 1.92 bits per heavy atom. The molecule has 6 nitrogen and oxygen atoms in total. The van der Waals surface area contributed by atoms with Gasteiger partial charge >= 0.3 is 0 Å². The minimum absolute atomic E-state index is 0.149. The second-order valence-electron chi connectivity index (χ2n) is 5.42. The van der Waals surface area contributed by atoms with E-state index in [4.69, 9.17) is 0 Å². The lowest BCUT2D eigenvalue weighted by Crippen LogP contribution is -2.54. The van der Waals surface area contributed by atoms with Gasteiger partial charge in [0.05, 0.1) is 11.4 Å². The van der Waals surface area contributed by atoms with Crippen LogP contribution in [0.25, 0.3) is 0 Å². The van der Waals surface area contributed by atoms with Crippen LogP contribution in [0.15, 0.2) is 47.5 Å². The lowest BCUT2D eigenvalue weighted by Gasteiger charge is -2.27. The molecule has 0 saturated carbocycles. The average Bonchev–Trinajstić information content (AvgIpc) is 2.58. The molecule has 2 amide bonds. The van der Waals surface area contributed by atoms with Crippen molar-refractivity contribution in [3.05, 3.63) is 59.7 Å². The highest BCUT2D eigenvalue weighted by molar-refractivity contribution is 6.43. The maximum absolute atomic E-state index is 13.6. The van der Waals surface area contributed by atoms with Gasteiger partial charge in [-0.15, -0.1) is 0 Å². The van der Waals surface area contributed by atoms with Crippen molar-refractivity contribution in [2.24, 2.45) is 4.99 Å². The molecule has 0 saturated heterocycles. The quantitative estimate of drug-likeness (QED) is 0.896. The Balaban J connectivity index is 1.77. The molecule has 1 heterocycles. The standard InChI is InChI=1S/C17H14F2N4O2/c1-10-2-5-12(6-3-10)23-15(24)9-20-16(22-23)17(25)21-14-7-4-11(18)8-13(14)19/h2-8H,9H2,1H3,(H,20,22)(H,21,25).